The van der Waals surface area contributed by atoms with E-state index in [0.29, 0.717) is 0 Å². The van der Waals surface area contributed by atoms with Gasteiger partial charge in [-0.25, -0.2) is 0 Å². The van der Waals surface area contributed by atoms with Crippen molar-refractivity contribution in [2.24, 2.45) is 0 Å². The van der Waals surface area contributed by atoms with Gasteiger partial charge >= 0.3 is 0 Å². The molecule has 3 atom stereocenters. The fourth-order valence-corrected chi connectivity index (χ4v) is 4.42. The lowest BCUT2D eigenvalue weighted by molar-refractivity contribution is 0.424. The van der Waals surface area contributed by atoms with E-state index < -0.39 is 0 Å². The molecule has 0 spiro atoms. The van der Waals surface area contributed by atoms with Crippen LogP contribution < -0.4 is 5.32 Å². The van der Waals surface area contributed by atoms with Gasteiger partial charge in [-0.15, -0.1) is 0 Å². The topological polar surface area (TPSA) is 12.0 Å². The predicted molar refractivity (Wildman–Crippen MR) is 63.8 cm³/mol. The van der Waals surface area contributed by atoms with E-state index in [1.54, 1.807) is 0 Å². The average molecular weight is 217 g/mol. The molecule has 2 aliphatic rings. The number of nitrogens with one attached hydrogen (secondary N) is 1. The van der Waals surface area contributed by atoms with Crippen molar-refractivity contribution in [1.82, 2.24) is 5.32 Å². The smallest absolute Gasteiger partial charge is 0.0194 e. The highest BCUT2D eigenvalue weighted by atomic mass is 32.2. The lowest BCUT2D eigenvalue weighted by Crippen LogP contribution is -2.43. The normalized spacial score (nSPS) is 40.8. The summed E-state index contributed by atoms with van der Waals surface area (Å²) in [6, 6.07) is 1.61. The minimum Gasteiger partial charge on any atom is -0.309 e. The maximum Gasteiger partial charge on any atom is 0.0194 e. The van der Waals surface area contributed by atoms with Crippen LogP contribution in [0.1, 0.15) is 26.2 Å². The second-order valence-corrected chi connectivity index (χ2v) is 6.69. The SMILES string of the molecule is CC1SCCC1NC1CCCSC1. The summed E-state index contributed by atoms with van der Waals surface area (Å²) in [6.07, 6.45) is 4.20. The molecule has 0 bridgehead atoms. The van der Waals surface area contributed by atoms with Gasteiger partial charge in [0.1, 0.15) is 0 Å². The molecule has 1 N–H and O–H groups in total. The third kappa shape index (κ3) is 2.80. The molecule has 2 saturated heterocycles. The molecule has 2 heterocycles. The molecule has 76 valence electrons. The number of hydrogen-bond donors (Lipinski definition) is 1. The Hall–Kier alpha value is 0.660. The van der Waals surface area contributed by atoms with Crippen LogP contribution in [0.4, 0.5) is 0 Å². The summed E-state index contributed by atoms with van der Waals surface area (Å²) in [6.45, 7) is 2.37. The van der Waals surface area contributed by atoms with E-state index in [4.69, 9.17) is 0 Å². The predicted octanol–water partition coefficient (Wildman–Crippen LogP) is 2.37. The van der Waals surface area contributed by atoms with Crippen molar-refractivity contribution in [2.45, 2.75) is 43.5 Å². The Morgan fingerprint density at radius 3 is 2.77 bits per heavy atom. The minimum atomic E-state index is 0.800. The second kappa shape index (κ2) is 4.94. The van der Waals surface area contributed by atoms with Gasteiger partial charge in [0.15, 0.2) is 0 Å². The molecule has 0 aromatic heterocycles. The zero-order valence-corrected chi connectivity index (χ0v) is 9.92. The highest BCUT2D eigenvalue weighted by Crippen LogP contribution is 2.27. The summed E-state index contributed by atoms with van der Waals surface area (Å²) in [5.41, 5.74) is 0. The minimum absolute atomic E-state index is 0.800. The third-order valence-corrected chi connectivity index (χ3v) is 5.53. The van der Waals surface area contributed by atoms with Crippen LogP contribution in [0.2, 0.25) is 0 Å². The first-order chi connectivity index (χ1) is 6.36. The number of rotatable bonds is 2. The lowest BCUT2D eigenvalue weighted by atomic mass is 10.1. The third-order valence-electron chi connectivity index (χ3n) is 2.99. The zero-order valence-electron chi connectivity index (χ0n) is 8.29. The van der Waals surface area contributed by atoms with Crippen LogP contribution in [-0.2, 0) is 0 Å². The molecule has 2 aliphatic heterocycles. The maximum absolute atomic E-state index is 3.83. The van der Waals surface area contributed by atoms with Gasteiger partial charge in [-0.3, -0.25) is 0 Å². The highest BCUT2D eigenvalue weighted by Gasteiger charge is 2.26. The van der Waals surface area contributed by atoms with Gasteiger partial charge in [-0.05, 0) is 30.8 Å². The molecule has 3 heteroatoms. The van der Waals surface area contributed by atoms with Gasteiger partial charge < -0.3 is 5.32 Å². The van der Waals surface area contributed by atoms with Gasteiger partial charge in [-0.1, -0.05) is 6.92 Å². The Kier molecular flexibility index (Phi) is 3.87. The van der Waals surface area contributed by atoms with Crippen LogP contribution in [0.15, 0.2) is 0 Å². The Labute approximate surface area is 89.8 Å². The van der Waals surface area contributed by atoms with Gasteiger partial charge in [0.2, 0.25) is 0 Å². The molecular formula is C10H19NS2. The van der Waals surface area contributed by atoms with Crippen LogP contribution in [0.5, 0.6) is 0 Å². The van der Waals surface area contributed by atoms with Crippen molar-refractivity contribution in [3.05, 3.63) is 0 Å². The van der Waals surface area contributed by atoms with E-state index in [2.05, 4.69) is 35.8 Å². The molecule has 0 aromatic rings. The molecule has 2 fully saturated rings. The van der Waals surface area contributed by atoms with Crippen molar-refractivity contribution < 1.29 is 0 Å². The monoisotopic (exact) mass is 217 g/mol. The Bertz CT molecular complexity index is 157. The molecule has 2 rings (SSSR count). The fourth-order valence-electron chi connectivity index (χ4n) is 2.13. The van der Waals surface area contributed by atoms with Crippen LogP contribution >= 0.6 is 23.5 Å². The zero-order chi connectivity index (χ0) is 9.10. The molecule has 0 aliphatic carbocycles. The Morgan fingerprint density at radius 2 is 2.15 bits per heavy atom. The van der Waals surface area contributed by atoms with Gasteiger partial charge in [0.25, 0.3) is 0 Å². The lowest BCUT2D eigenvalue weighted by Gasteiger charge is -2.27. The second-order valence-electron chi connectivity index (χ2n) is 4.05. The Morgan fingerprint density at radius 1 is 1.23 bits per heavy atom. The van der Waals surface area contributed by atoms with Gasteiger partial charge in [0.05, 0.1) is 0 Å². The van der Waals surface area contributed by atoms with Crippen LogP contribution in [-0.4, -0.2) is 34.6 Å². The molecule has 3 unspecified atom stereocenters. The summed E-state index contributed by atoms with van der Waals surface area (Å²) in [5, 5.41) is 4.67. The Balaban J connectivity index is 1.75. The molecular weight excluding hydrogens is 198 g/mol. The molecule has 0 aromatic carbocycles. The first-order valence-corrected chi connectivity index (χ1v) is 7.52. The summed E-state index contributed by atoms with van der Waals surface area (Å²) < 4.78 is 0. The quantitative estimate of drug-likeness (QED) is 0.763. The van der Waals surface area contributed by atoms with E-state index in [-0.39, 0.29) is 0 Å². The van der Waals surface area contributed by atoms with Crippen LogP contribution in [0.25, 0.3) is 0 Å². The standard InChI is InChI=1S/C10H19NS2/c1-8-10(4-6-13-8)11-9-3-2-5-12-7-9/h8-11H,2-7H2,1H3. The van der Waals surface area contributed by atoms with E-state index in [1.165, 1.54) is 36.5 Å². The van der Waals surface area contributed by atoms with E-state index in [1.807, 2.05) is 0 Å². The first-order valence-electron chi connectivity index (χ1n) is 5.31. The molecule has 0 saturated carbocycles. The van der Waals surface area contributed by atoms with E-state index >= 15 is 0 Å². The van der Waals surface area contributed by atoms with Crippen molar-refractivity contribution >= 4 is 23.5 Å². The summed E-state index contributed by atoms with van der Waals surface area (Å²) in [7, 11) is 0. The summed E-state index contributed by atoms with van der Waals surface area (Å²) in [5.74, 6) is 4.08. The first kappa shape index (κ1) is 10.2. The summed E-state index contributed by atoms with van der Waals surface area (Å²) >= 11 is 4.24. The van der Waals surface area contributed by atoms with Crippen molar-refractivity contribution in [1.29, 1.82) is 0 Å². The van der Waals surface area contributed by atoms with Crippen LogP contribution in [0.3, 0.4) is 0 Å². The van der Waals surface area contributed by atoms with Crippen molar-refractivity contribution in [3.8, 4) is 0 Å². The van der Waals surface area contributed by atoms with Crippen LogP contribution in [0, 0.1) is 0 Å². The molecule has 1 nitrogen and oxygen atoms in total. The van der Waals surface area contributed by atoms with Crippen molar-refractivity contribution in [3.63, 3.8) is 0 Å². The maximum atomic E-state index is 3.83. The molecule has 0 amide bonds. The highest BCUT2D eigenvalue weighted by molar-refractivity contribution is 8.00. The fraction of sp³-hybridized carbons (Fsp3) is 1.00. The molecule has 13 heavy (non-hydrogen) atoms. The van der Waals surface area contributed by atoms with Crippen molar-refractivity contribution in [2.75, 3.05) is 17.3 Å². The largest absolute Gasteiger partial charge is 0.309 e. The average Bonchev–Trinajstić information content (AvgIpc) is 2.54. The number of thioether (sulfide) groups is 2. The number of hydrogen-bond acceptors (Lipinski definition) is 3. The van der Waals surface area contributed by atoms with Gasteiger partial charge in [-0.2, -0.15) is 23.5 Å². The van der Waals surface area contributed by atoms with E-state index in [0.717, 1.165) is 17.3 Å². The van der Waals surface area contributed by atoms with E-state index in [9.17, 15) is 0 Å². The van der Waals surface area contributed by atoms with Gasteiger partial charge in [0, 0.05) is 23.1 Å². The summed E-state index contributed by atoms with van der Waals surface area (Å²) in [4.78, 5) is 0. The molecule has 0 radical (unpaired) electrons.